The van der Waals surface area contributed by atoms with Gasteiger partial charge < -0.3 is 9.51 Å². The molecule has 2 heterocycles. The summed E-state index contributed by atoms with van der Waals surface area (Å²) in [5.41, 5.74) is 1.61. The summed E-state index contributed by atoms with van der Waals surface area (Å²) in [7, 11) is 0. The molecule has 0 aliphatic heterocycles. The Bertz CT molecular complexity index is 519. The molecule has 0 spiro atoms. The lowest BCUT2D eigenvalue weighted by atomic mass is 10.2. The number of carbonyl (C=O) groups is 1. The van der Waals surface area contributed by atoms with Gasteiger partial charge in [-0.15, -0.1) is 0 Å². The van der Waals surface area contributed by atoms with Crippen molar-refractivity contribution in [3.8, 4) is 0 Å². The molecule has 0 unspecified atom stereocenters. The quantitative estimate of drug-likeness (QED) is 0.848. The highest BCUT2D eigenvalue weighted by molar-refractivity contribution is 9.10. The third-order valence-electron chi connectivity index (χ3n) is 2.07. The van der Waals surface area contributed by atoms with E-state index in [9.17, 15) is 4.79 Å². The smallest absolute Gasteiger partial charge is 0.337 e. The van der Waals surface area contributed by atoms with Gasteiger partial charge in [0.15, 0.2) is 0 Å². The minimum absolute atomic E-state index is 0.288. The Morgan fingerprint density at radius 3 is 3.00 bits per heavy atom. The molecule has 0 amide bonds. The van der Waals surface area contributed by atoms with E-state index < -0.39 is 5.97 Å². The molecule has 2 aromatic heterocycles. The first-order valence-corrected chi connectivity index (χ1v) is 4.75. The number of hydrogen-bond acceptors (Lipinski definition) is 2. The van der Waals surface area contributed by atoms with Gasteiger partial charge in [0.05, 0.1) is 10.0 Å². The van der Waals surface area contributed by atoms with E-state index in [4.69, 9.17) is 5.11 Å². The predicted octanol–water partition coefficient (Wildman–Crippen LogP) is 2.10. The van der Waals surface area contributed by atoms with E-state index in [0.717, 1.165) is 4.47 Å². The Morgan fingerprint density at radius 1 is 1.64 bits per heavy atom. The second-order valence-corrected chi connectivity index (χ2v) is 3.86. The number of aromatic carboxylic acids is 1. The normalized spacial score (nSPS) is 10.7. The van der Waals surface area contributed by atoms with Crippen LogP contribution in [-0.4, -0.2) is 20.5 Å². The number of fused-ring (bicyclic) bond motifs is 1. The molecule has 72 valence electrons. The van der Waals surface area contributed by atoms with E-state index in [1.54, 1.807) is 29.8 Å². The van der Waals surface area contributed by atoms with Crippen LogP contribution < -0.4 is 0 Å². The number of carboxylic acid groups (broad SMARTS) is 1. The lowest BCUT2D eigenvalue weighted by molar-refractivity contribution is 0.0696. The fraction of sp³-hybridized carbons (Fsp3) is 0.111. The van der Waals surface area contributed by atoms with Crippen molar-refractivity contribution < 1.29 is 9.90 Å². The van der Waals surface area contributed by atoms with Crippen LogP contribution in [0.1, 0.15) is 16.1 Å². The number of aromatic nitrogens is 2. The van der Waals surface area contributed by atoms with Crippen molar-refractivity contribution in [1.29, 1.82) is 0 Å². The highest BCUT2D eigenvalue weighted by Crippen LogP contribution is 2.17. The molecule has 0 aliphatic rings. The molecule has 0 radical (unpaired) electrons. The zero-order valence-corrected chi connectivity index (χ0v) is 8.95. The molecule has 0 fully saturated rings. The van der Waals surface area contributed by atoms with E-state index in [-0.39, 0.29) is 5.56 Å². The molecule has 2 aromatic rings. The summed E-state index contributed by atoms with van der Waals surface area (Å²) in [6.45, 7) is 1.75. The van der Waals surface area contributed by atoms with E-state index in [0.29, 0.717) is 11.3 Å². The Hall–Kier alpha value is -1.36. The number of aryl methyl sites for hydroxylation is 1. The number of halogens is 1. The molecule has 0 saturated carbocycles. The maximum Gasteiger partial charge on any atom is 0.337 e. The molecule has 0 atom stereocenters. The highest BCUT2D eigenvalue weighted by atomic mass is 79.9. The second kappa shape index (κ2) is 3.09. The first kappa shape index (κ1) is 9.21. The molecule has 2 rings (SSSR count). The van der Waals surface area contributed by atoms with Crippen LogP contribution in [0.15, 0.2) is 22.9 Å². The van der Waals surface area contributed by atoms with Crippen LogP contribution in [0.5, 0.6) is 0 Å². The molecular weight excluding hydrogens is 248 g/mol. The van der Waals surface area contributed by atoms with Gasteiger partial charge in [-0.05, 0) is 28.9 Å². The summed E-state index contributed by atoms with van der Waals surface area (Å²) in [5.74, 6) is -0.927. The van der Waals surface area contributed by atoms with Gasteiger partial charge in [-0.2, -0.15) is 0 Å². The highest BCUT2D eigenvalue weighted by Gasteiger charge is 2.12. The zero-order chi connectivity index (χ0) is 10.3. The van der Waals surface area contributed by atoms with Gasteiger partial charge in [0.1, 0.15) is 5.65 Å². The summed E-state index contributed by atoms with van der Waals surface area (Å²) in [6, 6.07) is 1.56. The van der Waals surface area contributed by atoms with E-state index >= 15 is 0 Å². The monoisotopic (exact) mass is 254 g/mol. The Kier molecular flexibility index (Phi) is 2.03. The van der Waals surface area contributed by atoms with E-state index in [1.165, 1.54) is 0 Å². The number of hydrogen-bond donors (Lipinski definition) is 1. The summed E-state index contributed by atoms with van der Waals surface area (Å²) in [5, 5.41) is 8.88. The molecule has 0 saturated heterocycles. The van der Waals surface area contributed by atoms with Crippen LogP contribution in [0, 0.1) is 6.92 Å². The van der Waals surface area contributed by atoms with Gasteiger partial charge in [0, 0.05) is 18.1 Å². The molecule has 0 aromatic carbocycles. The minimum Gasteiger partial charge on any atom is -0.478 e. The van der Waals surface area contributed by atoms with Gasteiger partial charge in [-0.3, -0.25) is 0 Å². The molecule has 5 heteroatoms. The van der Waals surface area contributed by atoms with Crippen molar-refractivity contribution in [3.63, 3.8) is 0 Å². The van der Waals surface area contributed by atoms with Gasteiger partial charge in [0.2, 0.25) is 0 Å². The molecule has 0 aliphatic carbocycles. The third kappa shape index (κ3) is 1.29. The van der Waals surface area contributed by atoms with Gasteiger partial charge >= 0.3 is 5.97 Å². The number of carboxylic acids is 1. The van der Waals surface area contributed by atoms with Gasteiger partial charge in [-0.25, -0.2) is 9.78 Å². The molecule has 14 heavy (non-hydrogen) atoms. The minimum atomic E-state index is -0.927. The van der Waals surface area contributed by atoms with E-state index in [2.05, 4.69) is 20.9 Å². The average molecular weight is 255 g/mol. The Labute approximate surface area is 88.3 Å². The molecule has 1 N–H and O–H groups in total. The zero-order valence-electron chi connectivity index (χ0n) is 7.36. The SMILES string of the molecule is Cc1c(C(=O)O)cc2ncc(Br)cn12. The van der Waals surface area contributed by atoms with Crippen LogP contribution in [0.4, 0.5) is 0 Å². The summed E-state index contributed by atoms with van der Waals surface area (Å²) in [4.78, 5) is 14.9. The van der Waals surface area contributed by atoms with Crippen molar-refractivity contribution >= 4 is 27.5 Å². The van der Waals surface area contributed by atoms with Crippen LogP contribution in [-0.2, 0) is 0 Å². The standard InChI is InChI=1S/C9H7BrN2O2/c1-5-7(9(13)14)2-8-11-3-6(10)4-12(5)8/h2-4H,1H3,(H,13,14). The topological polar surface area (TPSA) is 54.6 Å². The van der Waals surface area contributed by atoms with Crippen molar-refractivity contribution in [1.82, 2.24) is 9.38 Å². The van der Waals surface area contributed by atoms with Gasteiger partial charge in [0.25, 0.3) is 0 Å². The molecular formula is C9H7BrN2O2. The molecule has 0 bridgehead atoms. The van der Waals surface area contributed by atoms with Gasteiger partial charge in [-0.1, -0.05) is 0 Å². The Morgan fingerprint density at radius 2 is 2.36 bits per heavy atom. The maximum atomic E-state index is 10.8. The lowest BCUT2D eigenvalue weighted by Crippen LogP contribution is -1.97. The predicted molar refractivity (Wildman–Crippen MR) is 54.6 cm³/mol. The second-order valence-electron chi connectivity index (χ2n) is 2.95. The van der Waals surface area contributed by atoms with Crippen molar-refractivity contribution in [2.45, 2.75) is 6.92 Å². The van der Waals surface area contributed by atoms with Crippen LogP contribution in [0.3, 0.4) is 0 Å². The summed E-state index contributed by atoms with van der Waals surface area (Å²) >= 11 is 3.28. The largest absolute Gasteiger partial charge is 0.478 e. The Balaban J connectivity index is 2.80. The molecule has 4 nitrogen and oxygen atoms in total. The average Bonchev–Trinajstić information content (AvgIpc) is 2.44. The third-order valence-corrected chi connectivity index (χ3v) is 2.48. The lowest BCUT2D eigenvalue weighted by Gasteiger charge is -1.97. The first-order valence-electron chi connectivity index (χ1n) is 3.96. The first-order chi connectivity index (χ1) is 6.59. The van der Waals surface area contributed by atoms with Crippen LogP contribution in [0.25, 0.3) is 5.65 Å². The van der Waals surface area contributed by atoms with E-state index in [1.807, 2.05) is 0 Å². The summed E-state index contributed by atoms with van der Waals surface area (Å²) in [6.07, 6.45) is 3.44. The van der Waals surface area contributed by atoms with Crippen molar-refractivity contribution in [3.05, 3.63) is 34.2 Å². The maximum absolute atomic E-state index is 10.8. The number of rotatable bonds is 1. The number of nitrogens with zero attached hydrogens (tertiary/aromatic N) is 2. The van der Waals surface area contributed by atoms with Crippen molar-refractivity contribution in [2.75, 3.05) is 0 Å². The summed E-state index contributed by atoms with van der Waals surface area (Å²) < 4.78 is 2.56. The van der Waals surface area contributed by atoms with Crippen LogP contribution >= 0.6 is 15.9 Å². The fourth-order valence-electron chi connectivity index (χ4n) is 1.37. The van der Waals surface area contributed by atoms with Crippen molar-refractivity contribution in [2.24, 2.45) is 0 Å². The fourth-order valence-corrected chi connectivity index (χ4v) is 1.68. The van der Waals surface area contributed by atoms with Crippen LogP contribution in [0.2, 0.25) is 0 Å².